The van der Waals surface area contributed by atoms with Gasteiger partial charge in [0.05, 0.1) is 12.8 Å². The van der Waals surface area contributed by atoms with E-state index in [1.807, 2.05) is 26.1 Å². The van der Waals surface area contributed by atoms with Crippen molar-refractivity contribution in [3.8, 4) is 11.4 Å². The molecule has 178 valence electrons. The quantitative estimate of drug-likeness (QED) is 0.401. The summed E-state index contributed by atoms with van der Waals surface area (Å²) in [4.78, 5) is 20.8. The van der Waals surface area contributed by atoms with Crippen LogP contribution in [-0.4, -0.2) is 48.5 Å². The zero-order valence-corrected chi connectivity index (χ0v) is 19.4. The predicted octanol–water partition coefficient (Wildman–Crippen LogP) is 4.30. The number of para-hydroxylation sites is 1. The zero-order chi connectivity index (χ0) is 24.2. The number of ether oxygens (including phenoxy) is 1. The minimum absolute atomic E-state index is 0.0799. The van der Waals surface area contributed by atoms with Crippen LogP contribution in [-0.2, 0) is 4.84 Å². The van der Waals surface area contributed by atoms with Gasteiger partial charge < -0.3 is 14.5 Å². The molecule has 0 atom stereocenters. The molecule has 1 saturated heterocycles. The first-order chi connectivity index (χ1) is 16.4. The Bertz CT molecular complexity index is 1260. The minimum atomic E-state index is -0.767. The van der Waals surface area contributed by atoms with Crippen molar-refractivity contribution < 1.29 is 18.4 Å². The van der Waals surface area contributed by atoms with E-state index in [1.165, 1.54) is 29.9 Å². The molecule has 0 radical (unpaired) electrons. The number of rotatable bonds is 6. The Labute approximate surface area is 197 Å². The van der Waals surface area contributed by atoms with Gasteiger partial charge in [0.1, 0.15) is 29.2 Å². The van der Waals surface area contributed by atoms with Gasteiger partial charge in [0, 0.05) is 42.5 Å². The number of piperidine rings is 1. The van der Waals surface area contributed by atoms with E-state index in [0.717, 1.165) is 37.6 Å². The van der Waals surface area contributed by atoms with E-state index in [1.54, 1.807) is 18.3 Å². The van der Waals surface area contributed by atoms with Gasteiger partial charge in [-0.3, -0.25) is 9.36 Å². The van der Waals surface area contributed by atoms with Gasteiger partial charge in [-0.25, -0.2) is 8.78 Å². The van der Waals surface area contributed by atoms with E-state index in [0.29, 0.717) is 17.0 Å². The molecule has 4 rings (SSSR count). The van der Waals surface area contributed by atoms with Crippen LogP contribution in [0.25, 0.3) is 5.69 Å². The number of likely N-dealkylation sites (tertiary alicyclic amines) is 1. The van der Waals surface area contributed by atoms with Crippen molar-refractivity contribution in [3.05, 3.63) is 93.4 Å². The van der Waals surface area contributed by atoms with Crippen LogP contribution in [0.2, 0.25) is 0 Å². The van der Waals surface area contributed by atoms with Crippen LogP contribution >= 0.6 is 0 Å². The molecule has 0 aliphatic carbocycles. The summed E-state index contributed by atoms with van der Waals surface area (Å²) in [5.41, 5.74) is 1.82. The summed E-state index contributed by atoms with van der Waals surface area (Å²) in [7, 11) is 3.57. The fraction of sp³-hybridized carbons (Fsp3) is 0.308. The lowest BCUT2D eigenvalue weighted by Crippen LogP contribution is -2.33. The van der Waals surface area contributed by atoms with E-state index in [-0.39, 0.29) is 22.9 Å². The van der Waals surface area contributed by atoms with Gasteiger partial charge in [0.2, 0.25) is 0 Å². The molecule has 8 heteroatoms. The molecule has 0 spiro atoms. The van der Waals surface area contributed by atoms with Crippen molar-refractivity contribution in [2.45, 2.75) is 25.9 Å². The summed E-state index contributed by atoms with van der Waals surface area (Å²) in [6.07, 6.45) is 3.04. The zero-order valence-electron chi connectivity index (χ0n) is 19.4. The van der Waals surface area contributed by atoms with Gasteiger partial charge in [0.25, 0.3) is 5.56 Å². The number of benzene rings is 2. The normalized spacial score (nSPS) is 15.4. The molecule has 0 amide bonds. The molecule has 0 bridgehead atoms. The molecule has 0 saturated carbocycles. The summed E-state index contributed by atoms with van der Waals surface area (Å²) in [6, 6.07) is 11.7. The number of pyridine rings is 1. The first kappa shape index (κ1) is 23.6. The highest BCUT2D eigenvalue weighted by Gasteiger charge is 2.21. The van der Waals surface area contributed by atoms with Crippen molar-refractivity contribution >= 4 is 5.71 Å². The maximum absolute atomic E-state index is 14.8. The molecule has 2 aromatic carbocycles. The highest BCUT2D eigenvalue weighted by atomic mass is 19.1. The largest absolute Gasteiger partial charge is 0.495 e. The lowest BCUT2D eigenvalue weighted by Gasteiger charge is -2.27. The Morgan fingerprint density at radius 2 is 1.85 bits per heavy atom. The molecule has 34 heavy (non-hydrogen) atoms. The average Bonchev–Trinajstić information content (AvgIpc) is 2.82. The Balaban J connectivity index is 1.81. The number of halogens is 2. The van der Waals surface area contributed by atoms with Gasteiger partial charge >= 0.3 is 0 Å². The Morgan fingerprint density at radius 1 is 1.09 bits per heavy atom. The van der Waals surface area contributed by atoms with E-state index in [2.05, 4.69) is 10.1 Å². The summed E-state index contributed by atoms with van der Waals surface area (Å²) >= 11 is 0. The summed E-state index contributed by atoms with van der Waals surface area (Å²) in [5, 5.41) is 4.32. The summed E-state index contributed by atoms with van der Waals surface area (Å²) in [5.74, 6) is -0.934. The first-order valence-electron chi connectivity index (χ1n) is 11.1. The molecule has 1 fully saturated rings. The highest BCUT2D eigenvalue weighted by Crippen LogP contribution is 2.26. The predicted molar refractivity (Wildman–Crippen MR) is 127 cm³/mol. The second-order valence-electron chi connectivity index (χ2n) is 8.42. The number of aromatic nitrogens is 1. The van der Waals surface area contributed by atoms with Crippen LogP contribution in [0.3, 0.4) is 0 Å². The van der Waals surface area contributed by atoms with E-state index in [9.17, 15) is 13.6 Å². The molecule has 1 aliphatic rings. The Kier molecular flexibility index (Phi) is 7.07. The maximum Gasteiger partial charge on any atom is 0.255 e. The van der Waals surface area contributed by atoms with Crippen LogP contribution in [0.4, 0.5) is 8.78 Å². The molecule has 3 aromatic rings. The number of methoxy groups -OCH3 is 1. The maximum atomic E-state index is 14.8. The molecular weight excluding hydrogens is 440 g/mol. The average molecular weight is 468 g/mol. The standard InChI is InChI=1S/C26H27F2N3O3/c1-17-5-4-6-23(33-3)26(17)31-16-18(7-10-24(31)32)25(21-9-8-19(27)15-22(21)28)29-34-20-11-13-30(2)14-12-20/h4-10,15-16,20H,11-14H2,1-3H3. The van der Waals surface area contributed by atoms with E-state index >= 15 is 0 Å². The SMILES string of the molecule is COc1cccc(C)c1-n1cc(C(=NOC2CCN(C)CC2)c2ccc(F)cc2F)ccc1=O. The number of nitrogens with zero attached hydrogens (tertiary/aromatic N) is 3. The minimum Gasteiger partial charge on any atom is -0.495 e. The molecule has 1 aliphatic heterocycles. The van der Waals surface area contributed by atoms with Crippen molar-refractivity contribution in [1.29, 1.82) is 0 Å². The topological polar surface area (TPSA) is 56.1 Å². The van der Waals surface area contributed by atoms with Crippen molar-refractivity contribution in [2.24, 2.45) is 5.16 Å². The number of hydrogen-bond acceptors (Lipinski definition) is 5. The second kappa shape index (κ2) is 10.2. The van der Waals surface area contributed by atoms with Crippen LogP contribution in [0.1, 0.15) is 29.5 Å². The van der Waals surface area contributed by atoms with E-state index < -0.39 is 11.6 Å². The highest BCUT2D eigenvalue weighted by molar-refractivity contribution is 6.12. The third-order valence-electron chi connectivity index (χ3n) is 5.99. The van der Waals surface area contributed by atoms with Gasteiger partial charge in [0.15, 0.2) is 0 Å². The van der Waals surface area contributed by atoms with Gasteiger partial charge in [-0.2, -0.15) is 0 Å². The third kappa shape index (κ3) is 5.02. The Morgan fingerprint density at radius 3 is 2.56 bits per heavy atom. The monoisotopic (exact) mass is 467 g/mol. The molecule has 2 heterocycles. The lowest BCUT2D eigenvalue weighted by molar-refractivity contribution is 0.0163. The van der Waals surface area contributed by atoms with E-state index in [4.69, 9.17) is 9.57 Å². The first-order valence-corrected chi connectivity index (χ1v) is 11.1. The second-order valence-corrected chi connectivity index (χ2v) is 8.42. The fourth-order valence-corrected chi connectivity index (χ4v) is 4.06. The van der Waals surface area contributed by atoms with Crippen LogP contribution in [0.5, 0.6) is 5.75 Å². The van der Waals surface area contributed by atoms with Crippen molar-refractivity contribution in [1.82, 2.24) is 9.47 Å². The fourth-order valence-electron chi connectivity index (χ4n) is 4.06. The molecule has 0 N–H and O–H groups in total. The number of oxime groups is 1. The van der Waals surface area contributed by atoms with Crippen LogP contribution < -0.4 is 10.3 Å². The summed E-state index contributed by atoms with van der Waals surface area (Å²) < 4.78 is 35.3. The van der Waals surface area contributed by atoms with Gasteiger partial charge in [-0.1, -0.05) is 17.3 Å². The van der Waals surface area contributed by atoms with Crippen molar-refractivity contribution in [2.75, 3.05) is 27.2 Å². The molecule has 0 unspecified atom stereocenters. The smallest absolute Gasteiger partial charge is 0.255 e. The number of hydrogen-bond donors (Lipinski definition) is 0. The number of aryl methyl sites for hydroxylation is 1. The van der Waals surface area contributed by atoms with Gasteiger partial charge in [-0.15, -0.1) is 0 Å². The summed E-state index contributed by atoms with van der Waals surface area (Å²) in [6.45, 7) is 3.62. The molecular formula is C26H27F2N3O3. The molecule has 6 nitrogen and oxygen atoms in total. The van der Waals surface area contributed by atoms with Crippen LogP contribution in [0, 0.1) is 18.6 Å². The lowest BCUT2D eigenvalue weighted by atomic mass is 10.0. The van der Waals surface area contributed by atoms with Crippen LogP contribution in [0.15, 0.2) is 64.7 Å². The third-order valence-corrected chi connectivity index (χ3v) is 5.99. The molecule has 1 aromatic heterocycles. The van der Waals surface area contributed by atoms with Gasteiger partial charge in [-0.05, 0) is 56.6 Å². The Hall–Kier alpha value is -3.52. The van der Waals surface area contributed by atoms with Crippen molar-refractivity contribution in [3.63, 3.8) is 0 Å².